The highest BCUT2D eigenvalue weighted by atomic mass is 16.4. The maximum Gasteiger partial charge on any atom is 0.488 e. The summed E-state index contributed by atoms with van der Waals surface area (Å²) >= 11 is 0. The van der Waals surface area contributed by atoms with E-state index in [1.807, 2.05) is 0 Å². The van der Waals surface area contributed by atoms with E-state index >= 15 is 0 Å². The molecule has 0 aliphatic heterocycles. The highest BCUT2D eigenvalue weighted by molar-refractivity contribution is 6.58. The molecule has 0 radical (unpaired) electrons. The van der Waals surface area contributed by atoms with Gasteiger partial charge in [-0.15, -0.1) is 10.2 Å². The Labute approximate surface area is 79.7 Å². The van der Waals surface area contributed by atoms with Crippen molar-refractivity contribution in [3.63, 3.8) is 0 Å². The zero-order chi connectivity index (χ0) is 9.97. The number of nitrogens with one attached hydrogen (secondary N) is 1. The molecule has 0 saturated carbocycles. The van der Waals surface area contributed by atoms with Crippen molar-refractivity contribution in [2.24, 2.45) is 0 Å². The lowest BCUT2D eigenvalue weighted by Gasteiger charge is -1.99. The van der Waals surface area contributed by atoms with Crippen molar-refractivity contribution in [2.45, 2.75) is 0 Å². The van der Waals surface area contributed by atoms with Crippen LogP contribution in [0.2, 0.25) is 0 Å². The lowest BCUT2D eigenvalue weighted by atomic mass is 9.79. The summed E-state index contributed by atoms with van der Waals surface area (Å²) in [5, 5.41) is 31.2. The molecule has 0 spiro atoms. The SMILES string of the molecule is OB(O)c1cccc(-c2nn[nH]n2)c1. The average molecular weight is 190 g/mol. The summed E-state index contributed by atoms with van der Waals surface area (Å²) in [5.41, 5.74) is 1.08. The fourth-order valence-electron chi connectivity index (χ4n) is 1.12. The van der Waals surface area contributed by atoms with Crippen LogP contribution in [0.25, 0.3) is 11.4 Å². The van der Waals surface area contributed by atoms with E-state index in [0.29, 0.717) is 16.9 Å². The molecule has 1 aromatic heterocycles. The molecule has 0 aliphatic rings. The quantitative estimate of drug-likeness (QED) is 0.503. The molecule has 0 amide bonds. The van der Waals surface area contributed by atoms with Crippen LogP contribution in [0.3, 0.4) is 0 Å². The van der Waals surface area contributed by atoms with Gasteiger partial charge in [0.1, 0.15) is 0 Å². The van der Waals surface area contributed by atoms with Crippen LogP contribution in [-0.4, -0.2) is 37.8 Å². The molecular weight excluding hydrogens is 183 g/mol. The molecule has 7 heteroatoms. The van der Waals surface area contributed by atoms with E-state index in [0.717, 1.165) is 0 Å². The Kier molecular flexibility index (Phi) is 2.25. The molecule has 14 heavy (non-hydrogen) atoms. The molecule has 1 aromatic carbocycles. The highest BCUT2D eigenvalue weighted by Gasteiger charge is 2.12. The van der Waals surface area contributed by atoms with Gasteiger partial charge in [-0.2, -0.15) is 5.21 Å². The number of hydrogen-bond donors (Lipinski definition) is 3. The Bertz CT molecular complexity index is 417. The van der Waals surface area contributed by atoms with Gasteiger partial charge >= 0.3 is 7.12 Å². The summed E-state index contributed by atoms with van der Waals surface area (Å²) in [5.74, 6) is 0.424. The standard InChI is InChI=1S/C7H7BN4O2/c13-8(14)6-3-1-2-5(4-6)7-9-11-12-10-7/h1-4,13-14H,(H,9,10,11,12). The minimum absolute atomic E-state index is 0.396. The monoisotopic (exact) mass is 190 g/mol. The van der Waals surface area contributed by atoms with E-state index in [1.54, 1.807) is 24.3 Å². The zero-order valence-electron chi connectivity index (χ0n) is 7.12. The van der Waals surface area contributed by atoms with Gasteiger partial charge in [0, 0.05) is 5.56 Å². The Balaban J connectivity index is 2.41. The van der Waals surface area contributed by atoms with Crippen LogP contribution >= 0.6 is 0 Å². The summed E-state index contributed by atoms with van der Waals surface area (Å²) in [7, 11) is -1.48. The van der Waals surface area contributed by atoms with Gasteiger partial charge < -0.3 is 10.0 Å². The van der Waals surface area contributed by atoms with Gasteiger partial charge in [0.15, 0.2) is 0 Å². The Morgan fingerprint density at radius 1 is 1.29 bits per heavy atom. The Morgan fingerprint density at radius 2 is 2.14 bits per heavy atom. The third-order valence-corrected chi connectivity index (χ3v) is 1.79. The number of aromatic amines is 1. The average Bonchev–Trinajstić information content (AvgIpc) is 2.71. The van der Waals surface area contributed by atoms with E-state index in [9.17, 15) is 0 Å². The predicted octanol–water partition coefficient (Wildman–Crippen LogP) is -1.45. The number of H-pyrrole nitrogens is 1. The molecule has 0 atom stereocenters. The lowest BCUT2D eigenvalue weighted by Crippen LogP contribution is -2.29. The molecule has 6 nitrogen and oxygen atoms in total. The number of aromatic nitrogens is 4. The van der Waals surface area contributed by atoms with Gasteiger partial charge in [0.05, 0.1) is 0 Å². The van der Waals surface area contributed by atoms with Crippen LogP contribution in [0.15, 0.2) is 24.3 Å². The van der Waals surface area contributed by atoms with Crippen LogP contribution in [0.5, 0.6) is 0 Å². The van der Waals surface area contributed by atoms with Gasteiger partial charge in [-0.05, 0) is 10.7 Å². The van der Waals surface area contributed by atoms with Gasteiger partial charge in [-0.1, -0.05) is 24.3 Å². The largest absolute Gasteiger partial charge is 0.488 e. The minimum Gasteiger partial charge on any atom is -0.423 e. The summed E-state index contributed by atoms with van der Waals surface area (Å²) in [6, 6.07) is 6.65. The number of benzene rings is 1. The first kappa shape index (κ1) is 8.85. The number of hydrogen-bond acceptors (Lipinski definition) is 5. The van der Waals surface area contributed by atoms with Crippen molar-refractivity contribution in [3.8, 4) is 11.4 Å². The molecule has 2 aromatic rings. The van der Waals surface area contributed by atoms with Crippen molar-refractivity contribution < 1.29 is 10.0 Å². The van der Waals surface area contributed by atoms with Gasteiger partial charge in [-0.25, -0.2) is 0 Å². The normalized spacial score (nSPS) is 10.1. The van der Waals surface area contributed by atoms with Crippen LogP contribution < -0.4 is 5.46 Å². The molecule has 70 valence electrons. The van der Waals surface area contributed by atoms with Crippen molar-refractivity contribution in [2.75, 3.05) is 0 Å². The van der Waals surface area contributed by atoms with E-state index in [-0.39, 0.29) is 0 Å². The second-order valence-corrected chi connectivity index (χ2v) is 2.73. The molecule has 1 heterocycles. The van der Waals surface area contributed by atoms with E-state index in [2.05, 4.69) is 20.6 Å². The van der Waals surface area contributed by atoms with Gasteiger partial charge in [0.25, 0.3) is 0 Å². The molecule has 0 unspecified atom stereocenters. The molecule has 0 bridgehead atoms. The van der Waals surface area contributed by atoms with Crippen molar-refractivity contribution in [3.05, 3.63) is 24.3 Å². The third kappa shape index (κ3) is 1.63. The molecule has 0 saturated heterocycles. The first-order valence-electron chi connectivity index (χ1n) is 3.97. The topological polar surface area (TPSA) is 94.9 Å². The van der Waals surface area contributed by atoms with Gasteiger partial charge in [0.2, 0.25) is 5.82 Å². The molecule has 2 rings (SSSR count). The first-order chi connectivity index (χ1) is 6.77. The fourth-order valence-corrected chi connectivity index (χ4v) is 1.12. The smallest absolute Gasteiger partial charge is 0.423 e. The van der Waals surface area contributed by atoms with Crippen molar-refractivity contribution in [1.82, 2.24) is 20.6 Å². The summed E-state index contributed by atoms with van der Waals surface area (Å²) < 4.78 is 0. The van der Waals surface area contributed by atoms with Crippen LogP contribution in [-0.2, 0) is 0 Å². The summed E-state index contributed by atoms with van der Waals surface area (Å²) in [4.78, 5) is 0. The predicted molar refractivity (Wildman–Crippen MR) is 49.4 cm³/mol. The van der Waals surface area contributed by atoms with Crippen LogP contribution in [0.1, 0.15) is 0 Å². The van der Waals surface area contributed by atoms with Crippen molar-refractivity contribution >= 4 is 12.6 Å². The van der Waals surface area contributed by atoms with Crippen molar-refractivity contribution in [1.29, 1.82) is 0 Å². The summed E-state index contributed by atoms with van der Waals surface area (Å²) in [6.45, 7) is 0. The maximum absolute atomic E-state index is 8.94. The second kappa shape index (κ2) is 3.56. The second-order valence-electron chi connectivity index (χ2n) is 2.73. The van der Waals surface area contributed by atoms with Crippen LogP contribution in [0.4, 0.5) is 0 Å². The fraction of sp³-hybridized carbons (Fsp3) is 0. The summed E-state index contributed by atoms with van der Waals surface area (Å²) in [6.07, 6.45) is 0. The maximum atomic E-state index is 8.94. The van der Waals surface area contributed by atoms with E-state index in [4.69, 9.17) is 10.0 Å². The van der Waals surface area contributed by atoms with Crippen LogP contribution in [0, 0.1) is 0 Å². The first-order valence-corrected chi connectivity index (χ1v) is 3.97. The van der Waals surface area contributed by atoms with Gasteiger partial charge in [-0.3, -0.25) is 0 Å². The number of nitrogens with zero attached hydrogens (tertiary/aromatic N) is 3. The Morgan fingerprint density at radius 3 is 2.79 bits per heavy atom. The zero-order valence-corrected chi connectivity index (χ0v) is 7.12. The lowest BCUT2D eigenvalue weighted by molar-refractivity contribution is 0.426. The minimum atomic E-state index is -1.48. The highest BCUT2D eigenvalue weighted by Crippen LogP contribution is 2.09. The Hall–Kier alpha value is -1.73. The third-order valence-electron chi connectivity index (χ3n) is 1.79. The molecule has 0 aliphatic carbocycles. The van der Waals surface area contributed by atoms with E-state index in [1.165, 1.54) is 0 Å². The number of tetrazole rings is 1. The molecule has 0 fully saturated rings. The van der Waals surface area contributed by atoms with E-state index < -0.39 is 7.12 Å². The molecule has 3 N–H and O–H groups in total. The molecular formula is C7H7BN4O2. The number of rotatable bonds is 2.